The summed E-state index contributed by atoms with van der Waals surface area (Å²) in [5.41, 5.74) is 13.2. The lowest BCUT2D eigenvalue weighted by Crippen LogP contribution is -2.03. The Morgan fingerprint density at radius 1 is 0.667 bits per heavy atom. The smallest absolute Gasteiger partial charge is 0.251 e. The summed E-state index contributed by atoms with van der Waals surface area (Å²) in [5, 5.41) is 21.2. The van der Waals surface area contributed by atoms with Gasteiger partial charge in [-0.2, -0.15) is 0 Å². The van der Waals surface area contributed by atoms with Gasteiger partial charge in [0, 0.05) is 0 Å². The summed E-state index contributed by atoms with van der Waals surface area (Å²) in [4.78, 5) is 0. The number of aliphatic hydroxyl groups excluding tert-OH is 3. The van der Waals surface area contributed by atoms with Crippen LogP contribution in [0.2, 0.25) is 0 Å². The molecule has 0 spiro atoms. The highest BCUT2D eigenvalue weighted by Gasteiger charge is 1.58. The number of aliphatic hydroxyl groups is 3. The van der Waals surface area contributed by atoms with Crippen molar-refractivity contribution in [1.29, 1.82) is 0 Å². The van der Waals surface area contributed by atoms with Crippen LogP contribution in [0, 0.1) is 0 Å². The van der Waals surface area contributed by atoms with E-state index in [-0.39, 0.29) is 0 Å². The summed E-state index contributed by atoms with van der Waals surface area (Å²) in [7, 11) is 0. The minimum atomic E-state index is -0.500. The van der Waals surface area contributed by atoms with Gasteiger partial charge >= 0.3 is 0 Å². The number of hydrogen-bond donors (Lipinski definition) is 6. The van der Waals surface area contributed by atoms with Crippen molar-refractivity contribution in [3.8, 4) is 0 Å². The fourth-order valence-electron chi connectivity index (χ4n) is 0. The van der Waals surface area contributed by atoms with Crippen LogP contribution in [0.25, 0.3) is 0 Å². The van der Waals surface area contributed by atoms with Crippen LogP contribution in [0.4, 0.5) is 0 Å². The van der Waals surface area contributed by atoms with E-state index in [1.54, 1.807) is 0 Å². The van der Waals surface area contributed by atoms with Crippen LogP contribution in [0.1, 0.15) is 0 Å². The van der Waals surface area contributed by atoms with Crippen LogP contribution >= 0.6 is 36.7 Å². The average Bonchev–Trinajstić information content (AvgIpc) is 1.54. The molecule has 0 aromatic rings. The Balaban J connectivity index is -0.000000101. The molecule has 0 aliphatic heterocycles. The van der Waals surface area contributed by atoms with E-state index >= 15 is 0 Å². The maximum atomic E-state index is 7.56. The van der Waals surface area contributed by atoms with Gasteiger partial charge in [-0.3, -0.25) is 0 Å². The highest BCUT2D eigenvalue weighted by molar-refractivity contribution is 7.80. The summed E-state index contributed by atoms with van der Waals surface area (Å²) >= 11 is 11.6. The molecule has 0 aromatic carbocycles. The Bertz CT molecular complexity index is 122. The molecule has 0 amide bonds. The fourth-order valence-corrected chi connectivity index (χ4v) is 0. The van der Waals surface area contributed by atoms with E-state index in [0.29, 0.717) is 0 Å². The van der Waals surface area contributed by atoms with Gasteiger partial charge in [0.1, 0.15) is 0 Å². The lowest BCUT2D eigenvalue weighted by Gasteiger charge is -1.67. The third kappa shape index (κ3) is 683. The quantitative estimate of drug-likeness (QED) is 0.300. The molecule has 0 unspecified atom stereocenters. The zero-order valence-corrected chi connectivity index (χ0v) is 8.25. The Morgan fingerprint density at radius 3 is 0.667 bits per heavy atom. The lowest BCUT2D eigenvalue weighted by molar-refractivity contribution is 0.559. The minimum absolute atomic E-state index is 0.500. The third-order valence-corrected chi connectivity index (χ3v) is 0. The first kappa shape index (κ1) is 17.2. The molecule has 12 heavy (non-hydrogen) atoms. The molecule has 0 fully saturated rings. The van der Waals surface area contributed by atoms with Crippen molar-refractivity contribution in [2.45, 2.75) is 0 Å². The second-order valence-electron chi connectivity index (χ2n) is 1.01. The highest BCUT2D eigenvalue weighted by Crippen LogP contribution is 1.40. The summed E-state index contributed by atoms with van der Waals surface area (Å²) in [6.07, 6.45) is 0. The molecule has 0 heterocycles. The molecule has 0 radical (unpaired) electrons. The molecule has 9 N–H and O–H groups in total. The molecule has 0 aliphatic carbocycles. The van der Waals surface area contributed by atoms with Crippen molar-refractivity contribution < 1.29 is 15.3 Å². The normalized spacial score (nSPS) is 6.00. The van der Waals surface area contributed by atoms with Crippen molar-refractivity contribution in [2.75, 3.05) is 0 Å². The Morgan fingerprint density at radius 2 is 0.667 bits per heavy atom. The van der Waals surface area contributed by atoms with Crippen molar-refractivity contribution in [2.24, 2.45) is 17.2 Å². The Hall–Kier alpha value is -0.930. The zero-order valence-electron chi connectivity index (χ0n) is 5.80. The topological polar surface area (TPSA) is 139 Å². The van der Waals surface area contributed by atoms with Gasteiger partial charge in [0.15, 0.2) is 0 Å². The molecule has 0 atom stereocenters. The molecule has 72 valence electrons. The molecule has 0 aromatic heterocycles. The van der Waals surface area contributed by atoms with E-state index in [9.17, 15) is 0 Å². The van der Waals surface area contributed by atoms with Gasteiger partial charge in [-0.1, -0.05) is 0 Å². The van der Waals surface area contributed by atoms with Gasteiger partial charge in [0.25, 0.3) is 15.5 Å². The van der Waals surface area contributed by atoms with Crippen LogP contribution < -0.4 is 17.2 Å². The summed E-state index contributed by atoms with van der Waals surface area (Å²) in [6, 6.07) is 0. The second kappa shape index (κ2) is 12.7. The van der Waals surface area contributed by atoms with Crippen molar-refractivity contribution in [3.05, 3.63) is 0 Å². The van der Waals surface area contributed by atoms with Crippen LogP contribution in [-0.4, -0.2) is 30.8 Å². The van der Waals surface area contributed by atoms with Crippen molar-refractivity contribution in [1.82, 2.24) is 0 Å². The molecule has 0 bridgehead atoms. The molecule has 0 saturated carbocycles. The van der Waals surface area contributed by atoms with Gasteiger partial charge in [-0.25, -0.2) is 0 Å². The zero-order chi connectivity index (χ0) is 10.7. The molecule has 9 heteroatoms. The summed E-state index contributed by atoms with van der Waals surface area (Å²) in [5.74, 6) is 0. The maximum Gasteiger partial charge on any atom is 0.251 e. The first-order valence-corrected chi connectivity index (χ1v) is 3.37. The standard InChI is InChI=1S/3CH3NOS/c3*2-1(3)4/h3*(H3,2,3,4). The van der Waals surface area contributed by atoms with Gasteiger partial charge in [0.05, 0.1) is 0 Å². The number of hydrogen-bond acceptors (Lipinski definition) is 3. The molecule has 6 nitrogen and oxygen atoms in total. The number of rotatable bonds is 0. The largest absolute Gasteiger partial charge is 0.487 e. The summed E-state index contributed by atoms with van der Waals surface area (Å²) < 4.78 is 0. The SMILES string of the molecule is NC(O)=S.NC(O)=S.NC(O)=S. The number of nitrogens with two attached hydrogens (primary N) is 3. The first-order chi connectivity index (χ1) is 5.20. The molecular formula is C3H9N3O3S3. The van der Waals surface area contributed by atoms with Crippen LogP contribution in [0.15, 0.2) is 0 Å². The molecule has 0 aliphatic rings. The van der Waals surface area contributed by atoms with E-state index in [1.165, 1.54) is 0 Å². The maximum absolute atomic E-state index is 7.56. The van der Waals surface area contributed by atoms with Crippen LogP contribution in [0.5, 0.6) is 0 Å². The highest BCUT2D eigenvalue weighted by atomic mass is 32.1. The minimum Gasteiger partial charge on any atom is -0.487 e. The van der Waals surface area contributed by atoms with Gasteiger partial charge < -0.3 is 32.5 Å². The van der Waals surface area contributed by atoms with E-state index in [0.717, 1.165) is 0 Å². The average molecular weight is 231 g/mol. The lowest BCUT2D eigenvalue weighted by atomic mass is 11.4. The predicted octanol–water partition coefficient (Wildman–Crippen LogP) is -0.636. The van der Waals surface area contributed by atoms with E-state index in [4.69, 9.17) is 15.3 Å². The summed E-state index contributed by atoms with van der Waals surface area (Å²) in [6.45, 7) is 0. The van der Waals surface area contributed by atoms with Crippen LogP contribution in [0.3, 0.4) is 0 Å². The first-order valence-electron chi connectivity index (χ1n) is 2.15. The van der Waals surface area contributed by atoms with Crippen molar-refractivity contribution in [3.63, 3.8) is 0 Å². The van der Waals surface area contributed by atoms with E-state index in [1.807, 2.05) is 0 Å². The van der Waals surface area contributed by atoms with Crippen LogP contribution in [-0.2, 0) is 0 Å². The van der Waals surface area contributed by atoms with E-state index < -0.39 is 15.5 Å². The number of thiocarbonyl (C=S) groups is 3. The van der Waals surface area contributed by atoms with Crippen molar-refractivity contribution >= 4 is 52.2 Å². The molecule has 0 saturated heterocycles. The Kier molecular flexibility index (Phi) is 18.3. The van der Waals surface area contributed by atoms with Gasteiger partial charge in [0.2, 0.25) is 0 Å². The predicted molar refractivity (Wildman–Crippen MR) is 58.2 cm³/mol. The Labute approximate surface area is 85.0 Å². The third-order valence-electron chi connectivity index (χ3n) is 0. The fraction of sp³-hybridized carbons (Fsp3) is 0. The monoisotopic (exact) mass is 231 g/mol. The van der Waals surface area contributed by atoms with E-state index in [2.05, 4.69) is 53.9 Å². The van der Waals surface area contributed by atoms with Gasteiger partial charge in [-0.15, -0.1) is 0 Å². The molecule has 0 rings (SSSR count). The van der Waals surface area contributed by atoms with Gasteiger partial charge in [-0.05, 0) is 36.7 Å². The second-order valence-corrected chi connectivity index (χ2v) is 2.27. The molecular weight excluding hydrogens is 222 g/mol.